The lowest BCUT2D eigenvalue weighted by atomic mass is 10.1. The normalized spacial score (nSPS) is 10.4. The highest BCUT2D eigenvalue weighted by molar-refractivity contribution is 7.14. The molecule has 0 radical (unpaired) electrons. The van der Waals surface area contributed by atoms with Gasteiger partial charge in [-0.05, 0) is 42.8 Å². The second-order valence-electron chi connectivity index (χ2n) is 6.50. The summed E-state index contributed by atoms with van der Waals surface area (Å²) in [4.78, 5) is 26.2. The molecule has 1 aromatic heterocycles. The van der Waals surface area contributed by atoms with E-state index in [-0.39, 0.29) is 11.8 Å². The van der Waals surface area contributed by atoms with Gasteiger partial charge in [0.1, 0.15) is 5.75 Å². The summed E-state index contributed by atoms with van der Waals surface area (Å²) in [5, 5.41) is 5.61. The van der Waals surface area contributed by atoms with Crippen LogP contribution in [0.2, 0.25) is 0 Å². The van der Waals surface area contributed by atoms with Gasteiger partial charge in [0.05, 0.1) is 18.0 Å². The van der Waals surface area contributed by atoms with Gasteiger partial charge in [-0.2, -0.15) is 0 Å². The lowest BCUT2D eigenvalue weighted by Gasteiger charge is -2.09. The SMILES string of the molecule is CCCCOc1ccc(NC(=O)NCc2ccc(C(=O)c3ccccc3)s2)cc1. The highest BCUT2D eigenvalue weighted by atomic mass is 32.1. The first-order valence-corrected chi connectivity index (χ1v) is 10.4. The second kappa shape index (κ2) is 10.4. The molecule has 0 fully saturated rings. The van der Waals surface area contributed by atoms with E-state index in [0.717, 1.165) is 23.5 Å². The Balaban J connectivity index is 1.47. The molecule has 3 aromatic rings. The molecule has 0 aliphatic rings. The van der Waals surface area contributed by atoms with Gasteiger partial charge < -0.3 is 15.4 Å². The minimum atomic E-state index is -0.297. The number of hydrogen-bond donors (Lipinski definition) is 2. The fraction of sp³-hybridized carbons (Fsp3) is 0.217. The molecule has 0 aliphatic heterocycles. The van der Waals surface area contributed by atoms with E-state index in [1.165, 1.54) is 11.3 Å². The van der Waals surface area contributed by atoms with Crippen LogP contribution in [0.5, 0.6) is 5.75 Å². The highest BCUT2D eigenvalue weighted by Gasteiger charge is 2.12. The third-order valence-corrected chi connectivity index (χ3v) is 5.31. The van der Waals surface area contributed by atoms with Gasteiger partial charge in [-0.3, -0.25) is 4.79 Å². The van der Waals surface area contributed by atoms with Gasteiger partial charge in [0.15, 0.2) is 0 Å². The number of thiophene rings is 1. The number of carbonyl (C=O) groups excluding carboxylic acids is 2. The molecule has 0 aliphatic carbocycles. The maximum absolute atomic E-state index is 12.4. The molecular formula is C23H24N2O3S. The number of benzene rings is 2. The van der Waals surface area contributed by atoms with E-state index in [1.807, 2.05) is 48.5 Å². The molecule has 150 valence electrons. The topological polar surface area (TPSA) is 67.4 Å². The van der Waals surface area contributed by atoms with Gasteiger partial charge >= 0.3 is 6.03 Å². The third kappa shape index (κ3) is 6.19. The first kappa shape index (κ1) is 20.6. The molecule has 0 saturated heterocycles. The lowest BCUT2D eigenvalue weighted by Crippen LogP contribution is -2.27. The second-order valence-corrected chi connectivity index (χ2v) is 7.66. The number of unbranched alkanes of at least 4 members (excludes halogenated alkanes) is 1. The summed E-state index contributed by atoms with van der Waals surface area (Å²) in [6, 6.07) is 19.8. The van der Waals surface area contributed by atoms with Crippen LogP contribution in [-0.4, -0.2) is 18.4 Å². The molecule has 1 heterocycles. The molecule has 3 rings (SSSR count). The number of urea groups is 1. The summed E-state index contributed by atoms with van der Waals surface area (Å²) in [6.07, 6.45) is 2.11. The van der Waals surface area contributed by atoms with E-state index < -0.39 is 0 Å². The van der Waals surface area contributed by atoms with Crippen molar-refractivity contribution in [2.45, 2.75) is 26.3 Å². The van der Waals surface area contributed by atoms with Crippen molar-refractivity contribution in [3.05, 3.63) is 82.0 Å². The van der Waals surface area contributed by atoms with Crippen LogP contribution in [0.15, 0.2) is 66.7 Å². The molecule has 0 unspecified atom stereocenters. The van der Waals surface area contributed by atoms with Crippen molar-refractivity contribution in [3.63, 3.8) is 0 Å². The van der Waals surface area contributed by atoms with Crippen molar-refractivity contribution in [3.8, 4) is 5.75 Å². The maximum atomic E-state index is 12.4. The van der Waals surface area contributed by atoms with Crippen molar-refractivity contribution in [1.82, 2.24) is 5.32 Å². The Hall–Kier alpha value is -3.12. The Kier molecular flexibility index (Phi) is 7.41. The maximum Gasteiger partial charge on any atom is 0.319 e. The molecule has 0 bridgehead atoms. The van der Waals surface area contributed by atoms with Gasteiger partial charge in [-0.25, -0.2) is 4.79 Å². The van der Waals surface area contributed by atoms with Crippen molar-refractivity contribution < 1.29 is 14.3 Å². The molecule has 2 amide bonds. The van der Waals surface area contributed by atoms with Gasteiger partial charge in [0.2, 0.25) is 5.78 Å². The molecular weight excluding hydrogens is 384 g/mol. The molecule has 29 heavy (non-hydrogen) atoms. The molecule has 0 spiro atoms. The zero-order valence-corrected chi connectivity index (χ0v) is 17.1. The summed E-state index contributed by atoms with van der Waals surface area (Å²) in [5.41, 5.74) is 1.35. The smallest absolute Gasteiger partial charge is 0.319 e. The summed E-state index contributed by atoms with van der Waals surface area (Å²) in [6.45, 7) is 3.17. The number of anilines is 1. The Morgan fingerprint density at radius 1 is 0.966 bits per heavy atom. The summed E-state index contributed by atoms with van der Waals surface area (Å²) >= 11 is 1.39. The fourth-order valence-corrected chi connectivity index (χ4v) is 3.55. The van der Waals surface area contributed by atoms with Gasteiger partial charge in [0, 0.05) is 16.1 Å². The number of nitrogens with one attached hydrogen (secondary N) is 2. The molecule has 5 nitrogen and oxygen atoms in total. The van der Waals surface area contributed by atoms with Crippen molar-refractivity contribution in [1.29, 1.82) is 0 Å². The van der Waals surface area contributed by atoms with Crippen LogP contribution in [-0.2, 0) is 6.54 Å². The number of ketones is 1. The van der Waals surface area contributed by atoms with Gasteiger partial charge in [-0.15, -0.1) is 11.3 Å². The van der Waals surface area contributed by atoms with Crippen molar-refractivity contribution >= 4 is 28.8 Å². The molecule has 2 N–H and O–H groups in total. The van der Waals surface area contributed by atoms with E-state index in [9.17, 15) is 9.59 Å². The largest absolute Gasteiger partial charge is 0.494 e. The van der Waals surface area contributed by atoms with Crippen molar-refractivity contribution in [2.24, 2.45) is 0 Å². The number of rotatable bonds is 9. The Labute approximate surface area is 174 Å². The average Bonchev–Trinajstić information content (AvgIpc) is 3.23. The summed E-state index contributed by atoms with van der Waals surface area (Å²) in [5.74, 6) is 0.783. The lowest BCUT2D eigenvalue weighted by molar-refractivity contribution is 0.104. The predicted molar refractivity (Wildman–Crippen MR) is 117 cm³/mol. The highest BCUT2D eigenvalue weighted by Crippen LogP contribution is 2.20. The standard InChI is InChI=1S/C23H24N2O3S/c1-2-3-15-28-19-11-9-18(10-12-19)25-23(27)24-16-20-13-14-21(29-20)22(26)17-7-5-4-6-8-17/h4-14H,2-3,15-16H2,1H3,(H2,24,25,27). The summed E-state index contributed by atoms with van der Waals surface area (Å²) < 4.78 is 5.61. The monoisotopic (exact) mass is 408 g/mol. The van der Waals surface area contributed by atoms with Gasteiger partial charge in [-0.1, -0.05) is 43.7 Å². The number of ether oxygens (including phenoxy) is 1. The zero-order valence-electron chi connectivity index (χ0n) is 16.3. The van der Waals surface area contributed by atoms with E-state index in [1.54, 1.807) is 18.2 Å². The Bertz CT molecular complexity index is 936. The molecule has 0 saturated carbocycles. The fourth-order valence-electron chi connectivity index (χ4n) is 2.64. The predicted octanol–water partition coefficient (Wildman–Crippen LogP) is 5.48. The van der Waals surface area contributed by atoms with E-state index in [0.29, 0.717) is 29.3 Å². The van der Waals surface area contributed by atoms with E-state index >= 15 is 0 Å². The molecule has 2 aromatic carbocycles. The van der Waals surface area contributed by atoms with E-state index in [4.69, 9.17) is 4.74 Å². The van der Waals surface area contributed by atoms with Crippen LogP contribution in [0.25, 0.3) is 0 Å². The quantitative estimate of drug-likeness (QED) is 0.364. The van der Waals surface area contributed by atoms with Crippen LogP contribution >= 0.6 is 11.3 Å². The van der Waals surface area contributed by atoms with Crippen LogP contribution in [0.3, 0.4) is 0 Å². The zero-order chi connectivity index (χ0) is 20.5. The first-order chi connectivity index (χ1) is 14.2. The van der Waals surface area contributed by atoms with Crippen LogP contribution < -0.4 is 15.4 Å². The third-order valence-electron chi connectivity index (χ3n) is 4.22. The minimum absolute atomic E-state index is 0.00690. The molecule has 0 atom stereocenters. The van der Waals surface area contributed by atoms with Crippen molar-refractivity contribution in [2.75, 3.05) is 11.9 Å². The summed E-state index contributed by atoms with van der Waals surface area (Å²) in [7, 11) is 0. The number of hydrogen-bond acceptors (Lipinski definition) is 4. The number of carbonyl (C=O) groups is 2. The van der Waals surface area contributed by atoms with Crippen LogP contribution in [0.4, 0.5) is 10.5 Å². The van der Waals surface area contributed by atoms with E-state index in [2.05, 4.69) is 17.6 Å². The molecule has 6 heteroatoms. The minimum Gasteiger partial charge on any atom is -0.494 e. The first-order valence-electron chi connectivity index (χ1n) is 9.62. The average molecular weight is 409 g/mol. The van der Waals surface area contributed by atoms with Crippen LogP contribution in [0.1, 0.15) is 39.9 Å². The number of amides is 2. The van der Waals surface area contributed by atoms with Crippen LogP contribution in [0, 0.1) is 0 Å². The Morgan fingerprint density at radius 2 is 1.72 bits per heavy atom. The van der Waals surface area contributed by atoms with Gasteiger partial charge in [0.25, 0.3) is 0 Å². The Morgan fingerprint density at radius 3 is 2.45 bits per heavy atom.